The highest BCUT2D eigenvalue weighted by Gasteiger charge is 2.26. The van der Waals surface area contributed by atoms with Crippen molar-refractivity contribution < 1.29 is 14.3 Å². The van der Waals surface area contributed by atoms with Gasteiger partial charge in [-0.2, -0.15) is 0 Å². The number of carbonyl (C=O) groups is 1. The highest BCUT2D eigenvalue weighted by atomic mass is 16.5. The van der Waals surface area contributed by atoms with E-state index in [-0.39, 0.29) is 18.3 Å². The van der Waals surface area contributed by atoms with E-state index in [4.69, 9.17) is 9.47 Å². The number of para-hydroxylation sites is 1. The van der Waals surface area contributed by atoms with E-state index in [1.165, 1.54) is 0 Å². The Kier molecular flexibility index (Phi) is 4.15. The molecular formula is C14H18O3. The van der Waals surface area contributed by atoms with Crippen LogP contribution < -0.4 is 4.74 Å². The molecule has 0 amide bonds. The van der Waals surface area contributed by atoms with Crippen LogP contribution in [0.15, 0.2) is 24.3 Å². The zero-order valence-corrected chi connectivity index (χ0v) is 10.1. The summed E-state index contributed by atoms with van der Waals surface area (Å²) in [6.45, 7) is 3.51. The van der Waals surface area contributed by atoms with Crippen molar-refractivity contribution in [3.63, 3.8) is 0 Å². The maximum absolute atomic E-state index is 12.1. The molecule has 1 unspecified atom stereocenters. The molecule has 1 aromatic rings. The average Bonchev–Trinajstić information content (AvgIpc) is 2.38. The van der Waals surface area contributed by atoms with E-state index in [2.05, 4.69) is 0 Å². The molecule has 0 N–H and O–H groups in total. The van der Waals surface area contributed by atoms with Gasteiger partial charge in [-0.1, -0.05) is 25.1 Å². The first kappa shape index (κ1) is 12.1. The van der Waals surface area contributed by atoms with E-state index in [1.54, 1.807) is 0 Å². The van der Waals surface area contributed by atoms with Crippen LogP contribution in [0.25, 0.3) is 0 Å². The number of hydrogen-bond acceptors (Lipinski definition) is 3. The lowest BCUT2D eigenvalue weighted by Gasteiger charge is -2.24. The molecule has 1 aliphatic rings. The predicted molar refractivity (Wildman–Crippen MR) is 65.4 cm³/mol. The van der Waals surface area contributed by atoms with E-state index in [0.717, 1.165) is 24.2 Å². The number of ether oxygens (including phenoxy) is 2. The van der Waals surface area contributed by atoms with Crippen LogP contribution in [0.2, 0.25) is 0 Å². The van der Waals surface area contributed by atoms with Crippen molar-refractivity contribution in [3.8, 4) is 5.75 Å². The smallest absolute Gasteiger partial charge is 0.166 e. The second-order valence-corrected chi connectivity index (χ2v) is 4.25. The SMILES string of the molecule is CCCOCC(=O)C1CCOc2ccccc21. The highest BCUT2D eigenvalue weighted by Crippen LogP contribution is 2.33. The molecule has 2 rings (SSSR count). The zero-order chi connectivity index (χ0) is 12.1. The normalized spacial score (nSPS) is 18.3. The summed E-state index contributed by atoms with van der Waals surface area (Å²) in [7, 11) is 0. The zero-order valence-electron chi connectivity index (χ0n) is 10.1. The van der Waals surface area contributed by atoms with Crippen LogP contribution in [0.4, 0.5) is 0 Å². The first-order chi connectivity index (χ1) is 8.33. The lowest BCUT2D eigenvalue weighted by molar-refractivity contribution is -0.125. The van der Waals surface area contributed by atoms with Gasteiger partial charge in [0.15, 0.2) is 5.78 Å². The van der Waals surface area contributed by atoms with Crippen LogP contribution in [0.1, 0.15) is 31.2 Å². The van der Waals surface area contributed by atoms with E-state index >= 15 is 0 Å². The van der Waals surface area contributed by atoms with Gasteiger partial charge in [0.25, 0.3) is 0 Å². The second-order valence-electron chi connectivity index (χ2n) is 4.25. The van der Waals surface area contributed by atoms with Gasteiger partial charge < -0.3 is 9.47 Å². The van der Waals surface area contributed by atoms with Crippen molar-refractivity contribution in [2.75, 3.05) is 19.8 Å². The van der Waals surface area contributed by atoms with Crippen molar-refractivity contribution in [1.29, 1.82) is 0 Å². The molecule has 0 fully saturated rings. The second kappa shape index (κ2) is 5.82. The minimum absolute atomic E-state index is 0.0585. The standard InChI is InChI=1S/C14H18O3/c1-2-8-16-10-13(15)11-7-9-17-14-6-4-3-5-12(11)14/h3-6,11H,2,7-10H2,1H3. The number of benzene rings is 1. The lowest BCUT2D eigenvalue weighted by Crippen LogP contribution is -2.24. The molecule has 0 saturated heterocycles. The van der Waals surface area contributed by atoms with Gasteiger partial charge in [-0.3, -0.25) is 4.79 Å². The molecule has 1 aliphatic heterocycles. The van der Waals surface area contributed by atoms with Gasteiger partial charge in [-0.25, -0.2) is 0 Å². The van der Waals surface area contributed by atoms with E-state index in [0.29, 0.717) is 13.2 Å². The third-order valence-corrected chi connectivity index (χ3v) is 2.94. The topological polar surface area (TPSA) is 35.5 Å². The molecule has 1 heterocycles. The molecule has 0 saturated carbocycles. The quantitative estimate of drug-likeness (QED) is 0.734. The number of ketones is 1. The third-order valence-electron chi connectivity index (χ3n) is 2.94. The Morgan fingerprint density at radius 1 is 1.47 bits per heavy atom. The largest absolute Gasteiger partial charge is 0.493 e. The summed E-state index contributed by atoms with van der Waals surface area (Å²) in [5, 5.41) is 0. The van der Waals surface area contributed by atoms with Gasteiger partial charge >= 0.3 is 0 Å². The number of hydrogen-bond donors (Lipinski definition) is 0. The van der Waals surface area contributed by atoms with Crippen LogP contribution in [0, 0.1) is 0 Å². The van der Waals surface area contributed by atoms with Gasteiger partial charge in [0.05, 0.1) is 12.5 Å². The van der Waals surface area contributed by atoms with Crippen molar-refractivity contribution >= 4 is 5.78 Å². The molecule has 3 heteroatoms. The number of rotatable bonds is 5. The average molecular weight is 234 g/mol. The van der Waals surface area contributed by atoms with E-state index in [1.807, 2.05) is 31.2 Å². The summed E-state index contributed by atoms with van der Waals surface area (Å²) < 4.78 is 10.9. The van der Waals surface area contributed by atoms with Gasteiger partial charge in [0, 0.05) is 12.2 Å². The Morgan fingerprint density at radius 3 is 3.12 bits per heavy atom. The molecule has 1 atom stereocenters. The summed E-state index contributed by atoms with van der Waals surface area (Å²) in [6, 6.07) is 7.76. The maximum atomic E-state index is 12.1. The van der Waals surface area contributed by atoms with Crippen LogP contribution in [-0.2, 0) is 9.53 Å². The van der Waals surface area contributed by atoms with Crippen LogP contribution >= 0.6 is 0 Å². The van der Waals surface area contributed by atoms with Gasteiger partial charge in [0.1, 0.15) is 12.4 Å². The molecule has 0 aromatic heterocycles. The highest BCUT2D eigenvalue weighted by molar-refractivity contribution is 5.87. The number of fused-ring (bicyclic) bond motifs is 1. The molecule has 0 bridgehead atoms. The summed E-state index contributed by atoms with van der Waals surface area (Å²) in [5.41, 5.74) is 1.00. The fourth-order valence-corrected chi connectivity index (χ4v) is 2.09. The molecule has 0 radical (unpaired) electrons. The Labute approximate surface area is 102 Å². The molecule has 1 aromatic carbocycles. The number of Topliss-reactive ketones (excluding diaryl/α,β-unsaturated/α-hetero) is 1. The Bertz CT molecular complexity index is 387. The molecule has 17 heavy (non-hydrogen) atoms. The van der Waals surface area contributed by atoms with Crippen molar-refractivity contribution in [2.45, 2.75) is 25.7 Å². The summed E-state index contributed by atoms with van der Waals surface area (Å²) in [4.78, 5) is 12.1. The summed E-state index contributed by atoms with van der Waals surface area (Å²) >= 11 is 0. The van der Waals surface area contributed by atoms with Gasteiger partial charge in [-0.05, 0) is 18.9 Å². The number of carbonyl (C=O) groups excluding carboxylic acids is 1. The molecule has 92 valence electrons. The molecule has 0 aliphatic carbocycles. The first-order valence-electron chi connectivity index (χ1n) is 6.15. The minimum Gasteiger partial charge on any atom is -0.493 e. The van der Waals surface area contributed by atoms with Crippen molar-refractivity contribution in [1.82, 2.24) is 0 Å². The molecule has 3 nitrogen and oxygen atoms in total. The Hall–Kier alpha value is -1.35. The van der Waals surface area contributed by atoms with Crippen LogP contribution in [0.5, 0.6) is 5.75 Å². The van der Waals surface area contributed by atoms with E-state index in [9.17, 15) is 4.79 Å². The molecular weight excluding hydrogens is 216 g/mol. The third kappa shape index (κ3) is 2.86. The fourth-order valence-electron chi connectivity index (χ4n) is 2.09. The van der Waals surface area contributed by atoms with Crippen LogP contribution in [0.3, 0.4) is 0 Å². The predicted octanol–water partition coefficient (Wildman–Crippen LogP) is 2.55. The summed E-state index contributed by atoms with van der Waals surface area (Å²) in [6.07, 6.45) is 1.70. The maximum Gasteiger partial charge on any atom is 0.166 e. The van der Waals surface area contributed by atoms with Gasteiger partial charge in [-0.15, -0.1) is 0 Å². The van der Waals surface area contributed by atoms with Crippen molar-refractivity contribution in [2.24, 2.45) is 0 Å². The Balaban J connectivity index is 2.05. The Morgan fingerprint density at radius 2 is 2.29 bits per heavy atom. The lowest BCUT2D eigenvalue weighted by atomic mass is 9.90. The fraction of sp³-hybridized carbons (Fsp3) is 0.500. The van der Waals surface area contributed by atoms with Gasteiger partial charge in [0.2, 0.25) is 0 Å². The summed E-state index contributed by atoms with van der Waals surface area (Å²) in [5.74, 6) is 0.943. The van der Waals surface area contributed by atoms with Crippen LogP contribution in [-0.4, -0.2) is 25.6 Å². The first-order valence-corrected chi connectivity index (χ1v) is 6.15. The van der Waals surface area contributed by atoms with Crippen molar-refractivity contribution in [3.05, 3.63) is 29.8 Å². The minimum atomic E-state index is -0.0585. The monoisotopic (exact) mass is 234 g/mol. The molecule has 0 spiro atoms. The van der Waals surface area contributed by atoms with E-state index < -0.39 is 0 Å².